The molecule has 1 atom stereocenters. The maximum absolute atomic E-state index is 12.8. The van der Waals surface area contributed by atoms with Crippen LogP contribution in [0.4, 0.5) is 5.69 Å². The molecule has 1 N–H and O–H groups in total. The molecule has 150 valence electrons. The third-order valence-electron chi connectivity index (χ3n) is 4.78. The lowest BCUT2D eigenvalue weighted by molar-refractivity contribution is -0.120. The Kier molecular flexibility index (Phi) is 6.59. The fourth-order valence-electron chi connectivity index (χ4n) is 3.27. The van der Waals surface area contributed by atoms with Crippen LogP contribution < -0.4 is 10.1 Å². The SMILES string of the molecule is COc1ccccc1NC(=O)[C@H]1CCCN(S(=O)(=O)Cc2ccc(Cl)cc2)C1. The average molecular weight is 423 g/mol. The Morgan fingerprint density at radius 3 is 2.64 bits per heavy atom. The highest BCUT2D eigenvalue weighted by atomic mass is 35.5. The number of methoxy groups -OCH3 is 1. The van der Waals surface area contributed by atoms with Crippen LogP contribution in [-0.4, -0.2) is 38.8 Å². The largest absolute Gasteiger partial charge is 0.495 e. The second kappa shape index (κ2) is 8.94. The van der Waals surface area contributed by atoms with Gasteiger partial charge in [-0.05, 0) is 42.7 Å². The van der Waals surface area contributed by atoms with Gasteiger partial charge in [0.15, 0.2) is 0 Å². The summed E-state index contributed by atoms with van der Waals surface area (Å²) in [4.78, 5) is 12.7. The van der Waals surface area contributed by atoms with Crippen molar-refractivity contribution < 1.29 is 17.9 Å². The Labute approximate surface area is 170 Å². The molecule has 0 radical (unpaired) electrons. The minimum absolute atomic E-state index is 0.106. The van der Waals surface area contributed by atoms with E-state index in [1.54, 1.807) is 36.4 Å². The molecule has 1 saturated heterocycles. The van der Waals surface area contributed by atoms with Gasteiger partial charge in [-0.3, -0.25) is 4.79 Å². The Morgan fingerprint density at radius 1 is 1.21 bits per heavy atom. The highest BCUT2D eigenvalue weighted by Crippen LogP contribution is 2.27. The molecule has 0 aromatic heterocycles. The van der Waals surface area contributed by atoms with Crippen LogP contribution in [0.1, 0.15) is 18.4 Å². The van der Waals surface area contributed by atoms with Crippen molar-refractivity contribution in [1.29, 1.82) is 0 Å². The van der Waals surface area contributed by atoms with E-state index in [0.29, 0.717) is 41.4 Å². The van der Waals surface area contributed by atoms with Gasteiger partial charge in [0.2, 0.25) is 15.9 Å². The number of piperidine rings is 1. The van der Waals surface area contributed by atoms with Crippen LogP contribution in [0.15, 0.2) is 48.5 Å². The first kappa shape index (κ1) is 20.6. The van der Waals surface area contributed by atoms with E-state index in [2.05, 4.69) is 5.32 Å². The van der Waals surface area contributed by atoms with E-state index >= 15 is 0 Å². The number of hydrogen-bond donors (Lipinski definition) is 1. The number of amides is 1. The van der Waals surface area contributed by atoms with E-state index in [9.17, 15) is 13.2 Å². The zero-order valence-electron chi connectivity index (χ0n) is 15.6. The number of ether oxygens (including phenoxy) is 1. The lowest BCUT2D eigenvalue weighted by Crippen LogP contribution is -2.44. The molecular formula is C20H23ClN2O4S. The Morgan fingerprint density at radius 2 is 1.93 bits per heavy atom. The number of anilines is 1. The molecule has 0 bridgehead atoms. The molecule has 0 aliphatic carbocycles. The Bertz CT molecular complexity index is 931. The van der Waals surface area contributed by atoms with E-state index in [0.717, 1.165) is 0 Å². The summed E-state index contributed by atoms with van der Waals surface area (Å²) >= 11 is 5.86. The normalized spacial score (nSPS) is 17.9. The fraction of sp³-hybridized carbons (Fsp3) is 0.350. The third-order valence-corrected chi connectivity index (χ3v) is 6.84. The lowest BCUT2D eigenvalue weighted by atomic mass is 9.98. The van der Waals surface area contributed by atoms with E-state index in [-0.39, 0.29) is 18.2 Å². The number of carbonyl (C=O) groups is 1. The summed E-state index contributed by atoms with van der Waals surface area (Å²) < 4.78 is 32.3. The molecule has 0 unspecified atom stereocenters. The number of carbonyl (C=O) groups excluding carboxylic acids is 1. The molecule has 3 rings (SSSR count). The van der Waals surface area contributed by atoms with Gasteiger partial charge >= 0.3 is 0 Å². The quantitative estimate of drug-likeness (QED) is 0.772. The number of para-hydroxylation sites is 2. The molecule has 1 aliphatic rings. The monoisotopic (exact) mass is 422 g/mol. The van der Waals surface area contributed by atoms with Gasteiger partial charge in [0.05, 0.1) is 24.5 Å². The number of nitrogens with zero attached hydrogens (tertiary/aromatic N) is 1. The van der Waals surface area contributed by atoms with Crippen LogP contribution in [0.3, 0.4) is 0 Å². The maximum atomic E-state index is 12.8. The zero-order valence-corrected chi connectivity index (χ0v) is 17.2. The van der Waals surface area contributed by atoms with Crippen LogP contribution in [0, 0.1) is 5.92 Å². The van der Waals surface area contributed by atoms with Gasteiger partial charge in [-0.15, -0.1) is 0 Å². The van der Waals surface area contributed by atoms with E-state index in [4.69, 9.17) is 16.3 Å². The topological polar surface area (TPSA) is 75.7 Å². The van der Waals surface area contributed by atoms with Crippen molar-refractivity contribution in [2.75, 3.05) is 25.5 Å². The van der Waals surface area contributed by atoms with Gasteiger partial charge in [-0.1, -0.05) is 35.9 Å². The summed E-state index contributed by atoms with van der Waals surface area (Å²) in [5, 5.41) is 3.42. The van der Waals surface area contributed by atoms with Gasteiger partial charge in [-0.25, -0.2) is 12.7 Å². The summed E-state index contributed by atoms with van der Waals surface area (Å²) in [6.45, 7) is 0.602. The number of nitrogens with one attached hydrogen (secondary N) is 1. The number of benzene rings is 2. The highest BCUT2D eigenvalue weighted by Gasteiger charge is 2.32. The molecule has 1 fully saturated rings. The molecular weight excluding hydrogens is 400 g/mol. The number of rotatable bonds is 6. The van der Waals surface area contributed by atoms with Crippen LogP contribution in [0.5, 0.6) is 5.75 Å². The molecule has 0 spiro atoms. The van der Waals surface area contributed by atoms with Crippen LogP contribution in [0.25, 0.3) is 0 Å². The fourth-order valence-corrected chi connectivity index (χ4v) is 5.01. The van der Waals surface area contributed by atoms with Crippen molar-refractivity contribution in [3.63, 3.8) is 0 Å². The van der Waals surface area contributed by atoms with Crippen LogP contribution >= 0.6 is 11.6 Å². The van der Waals surface area contributed by atoms with E-state index in [1.807, 2.05) is 12.1 Å². The molecule has 2 aromatic carbocycles. The van der Waals surface area contributed by atoms with Gasteiger partial charge < -0.3 is 10.1 Å². The summed E-state index contributed by atoms with van der Waals surface area (Å²) in [6, 6.07) is 13.9. The van der Waals surface area contributed by atoms with Crippen molar-refractivity contribution >= 4 is 33.2 Å². The minimum atomic E-state index is -3.52. The zero-order chi connectivity index (χ0) is 20.1. The summed E-state index contributed by atoms with van der Waals surface area (Å²) in [6.07, 6.45) is 1.29. The average Bonchev–Trinajstić information content (AvgIpc) is 2.70. The second-order valence-corrected chi connectivity index (χ2v) is 9.17. The summed E-state index contributed by atoms with van der Waals surface area (Å²) in [5.74, 6) is -0.140. The van der Waals surface area contributed by atoms with Crippen molar-refractivity contribution in [2.45, 2.75) is 18.6 Å². The standard InChI is InChI=1S/C20H23ClN2O4S/c1-27-19-7-3-2-6-18(19)22-20(24)16-5-4-12-23(13-16)28(25,26)14-15-8-10-17(21)11-9-15/h2-3,6-11,16H,4-5,12-14H2,1H3,(H,22,24)/t16-/m0/s1. The minimum Gasteiger partial charge on any atom is -0.495 e. The van der Waals surface area contributed by atoms with E-state index in [1.165, 1.54) is 11.4 Å². The predicted molar refractivity (Wildman–Crippen MR) is 110 cm³/mol. The van der Waals surface area contributed by atoms with Crippen LogP contribution in [0.2, 0.25) is 5.02 Å². The van der Waals surface area contributed by atoms with Crippen molar-refractivity contribution in [3.8, 4) is 5.75 Å². The molecule has 8 heteroatoms. The van der Waals surface area contributed by atoms with Crippen molar-refractivity contribution in [2.24, 2.45) is 5.92 Å². The first-order valence-electron chi connectivity index (χ1n) is 9.05. The maximum Gasteiger partial charge on any atom is 0.228 e. The molecule has 1 aliphatic heterocycles. The van der Waals surface area contributed by atoms with Gasteiger partial charge in [0.1, 0.15) is 5.75 Å². The van der Waals surface area contributed by atoms with Gasteiger partial charge in [0, 0.05) is 18.1 Å². The smallest absolute Gasteiger partial charge is 0.228 e. The van der Waals surface area contributed by atoms with Gasteiger partial charge in [-0.2, -0.15) is 0 Å². The Hall–Kier alpha value is -2.09. The summed E-state index contributed by atoms with van der Waals surface area (Å²) in [5.41, 5.74) is 1.25. The molecule has 2 aromatic rings. The molecule has 1 amide bonds. The third kappa shape index (κ3) is 5.04. The second-order valence-electron chi connectivity index (χ2n) is 6.77. The first-order chi connectivity index (χ1) is 13.4. The van der Waals surface area contributed by atoms with Gasteiger partial charge in [0.25, 0.3) is 0 Å². The first-order valence-corrected chi connectivity index (χ1v) is 11.0. The Balaban J connectivity index is 1.67. The molecule has 6 nitrogen and oxygen atoms in total. The van der Waals surface area contributed by atoms with Crippen LogP contribution in [-0.2, 0) is 20.6 Å². The predicted octanol–water partition coefficient (Wildman–Crippen LogP) is 3.53. The number of halogens is 1. The molecule has 0 saturated carbocycles. The number of hydrogen-bond acceptors (Lipinski definition) is 4. The summed E-state index contributed by atoms with van der Waals surface area (Å²) in [7, 11) is -1.98. The lowest BCUT2D eigenvalue weighted by Gasteiger charge is -2.31. The van der Waals surface area contributed by atoms with Crippen molar-refractivity contribution in [3.05, 3.63) is 59.1 Å². The number of sulfonamides is 1. The highest BCUT2D eigenvalue weighted by molar-refractivity contribution is 7.88. The van der Waals surface area contributed by atoms with Crippen molar-refractivity contribution in [1.82, 2.24) is 4.31 Å². The molecule has 1 heterocycles. The molecule has 28 heavy (non-hydrogen) atoms. The van der Waals surface area contributed by atoms with E-state index < -0.39 is 15.9 Å².